The van der Waals surface area contributed by atoms with Gasteiger partial charge in [-0.2, -0.15) is 0 Å². The molecule has 0 atom stereocenters. The lowest BCUT2D eigenvalue weighted by atomic mass is 10.2. The van der Waals surface area contributed by atoms with Crippen molar-refractivity contribution in [2.45, 2.75) is 0 Å². The molecule has 0 aliphatic carbocycles. The van der Waals surface area contributed by atoms with Crippen LogP contribution in [0.2, 0.25) is 0 Å². The highest BCUT2D eigenvalue weighted by molar-refractivity contribution is 5.79. The second-order valence-corrected chi connectivity index (χ2v) is 3.97. The Kier molecular flexibility index (Phi) is 2.45. The first kappa shape index (κ1) is 11.6. The number of nitrogen functional groups attached to an aromatic ring is 1. The van der Waals surface area contributed by atoms with Crippen LogP contribution in [0.15, 0.2) is 34.7 Å². The number of anilines is 1. The van der Waals surface area contributed by atoms with Gasteiger partial charge in [0.1, 0.15) is 5.52 Å². The summed E-state index contributed by atoms with van der Waals surface area (Å²) in [5.41, 5.74) is 6.59. The number of nitrogens with two attached hydrogens (primary N) is 1. The molecule has 0 radical (unpaired) electrons. The lowest BCUT2D eigenvalue weighted by Crippen LogP contribution is -1.93. The molecular formula is C13H7F3N2O. The van der Waals surface area contributed by atoms with Gasteiger partial charge < -0.3 is 10.2 Å². The fourth-order valence-electron chi connectivity index (χ4n) is 1.75. The minimum absolute atomic E-state index is 0.128. The molecule has 1 aromatic heterocycles. The molecule has 0 aliphatic rings. The maximum absolute atomic E-state index is 13.6. The highest BCUT2D eigenvalue weighted by Gasteiger charge is 2.18. The van der Waals surface area contributed by atoms with Crippen molar-refractivity contribution >= 4 is 16.8 Å². The molecule has 2 N–H and O–H groups in total. The smallest absolute Gasteiger partial charge is 0.230 e. The quantitative estimate of drug-likeness (QED) is 0.540. The highest BCUT2D eigenvalue weighted by Crippen LogP contribution is 2.29. The minimum atomic E-state index is -1.56. The molecule has 3 aromatic rings. The molecule has 0 saturated carbocycles. The van der Waals surface area contributed by atoms with Gasteiger partial charge in [-0.1, -0.05) is 0 Å². The van der Waals surface area contributed by atoms with Crippen LogP contribution in [-0.2, 0) is 0 Å². The average Bonchev–Trinajstić information content (AvgIpc) is 2.78. The summed E-state index contributed by atoms with van der Waals surface area (Å²) < 4.78 is 44.9. The number of benzene rings is 2. The van der Waals surface area contributed by atoms with Gasteiger partial charge in [0.2, 0.25) is 5.89 Å². The first-order chi connectivity index (χ1) is 9.06. The van der Waals surface area contributed by atoms with E-state index in [1.165, 1.54) is 6.07 Å². The maximum atomic E-state index is 13.6. The number of halogens is 3. The molecule has 0 fully saturated rings. The predicted octanol–water partition coefficient (Wildman–Crippen LogP) is 3.49. The predicted molar refractivity (Wildman–Crippen MR) is 63.7 cm³/mol. The van der Waals surface area contributed by atoms with Gasteiger partial charge in [0.15, 0.2) is 23.0 Å². The van der Waals surface area contributed by atoms with Crippen molar-refractivity contribution in [3.8, 4) is 11.5 Å². The lowest BCUT2D eigenvalue weighted by Gasteiger charge is -1.99. The van der Waals surface area contributed by atoms with Gasteiger partial charge in [0, 0.05) is 11.8 Å². The van der Waals surface area contributed by atoms with E-state index in [-0.39, 0.29) is 11.5 Å². The fourth-order valence-corrected chi connectivity index (χ4v) is 1.75. The van der Waals surface area contributed by atoms with Gasteiger partial charge in [-0.3, -0.25) is 0 Å². The van der Waals surface area contributed by atoms with Crippen molar-refractivity contribution in [2.24, 2.45) is 0 Å². The maximum Gasteiger partial charge on any atom is 0.230 e. The molecule has 0 amide bonds. The number of fused-ring (bicyclic) bond motifs is 1. The fraction of sp³-hybridized carbons (Fsp3) is 0. The van der Waals surface area contributed by atoms with E-state index in [4.69, 9.17) is 10.2 Å². The molecular weight excluding hydrogens is 257 g/mol. The van der Waals surface area contributed by atoms with E-state index in [2.05, 4.69) is 4.98 Å². The Morgan fingerprint density at radius 2 is 1.79 bits per heavy atom. The molecule has 6 heteroatoms. The third-order valence-corrected chi connectivity index (χ3v) is 2.68. The van der Waals surface area contributed by atoms with Crippen LogP contribution in [0.4, 0.5) is 18.9 Å². The molecule has 0 spiro atoms. The van der Waals surface area contributed by atoms with E-state index in [0.29, 0.717) is 16.8 Å². The van der Waals surface area contributed by atoms with Gasteiger partial charge in [-0.05, 0) is 24.3 Å². The number of oxazole rings is 1. The molecule has 0 bridgehead atoms. The molecule has 0 unspecified atom stereocenters. The topological polar surface area (TPSA) is 52.0 Å². The van der Waals surface area contributed by atoms with Crippen LogP contribution < -0.4 is 5.73 Å². The number of aromatic nitrogens is 1. The Labute approximate surface area is 105 Å². The van der Waals surface area contributed by atoms with Crippen LogP contribution in [0.5, 0.6) is 0 Å². The number of hydrogen-bond acceptors (Lipinski definition) is 3. The van der Waals surface area contributed by atoms with Gasteiger partial charge in [-0.15, -0.1) is 0 Å². The number of nitrogens with zero attached hydrogens (tertiary/aromatic N) is 1. The van der Waals surface area contributed by atoms with Crippen molar-refractivity contribution in [3.05, 3.63) is 47.8 Å². The zero-order valence-electron chi connectivity index (χ0n) is 9.45. The van der Waals surface area contributed by atoms with Crippen molar-refractivity contribution in [2.75, 3.05) is 5.73 Å². The second kappa shape index (κ2) is 4.01. The Balaban J connectivity index is 2.22. The summed E-state index contributed by atoms with van der Waals surface area (Å²) >= 11 is 0. The monoisotopic (exact) mass is 264 g/mol. The van der Waals surface area contributed by atoms with Gasteiger partial charge >= 0.3 is 0 Å². The van der Waals surface area contributed by atoms with Crippen LogP contribution in [0.25, 0.3) is 22.6 Å². The largest absolute Gasteiger partial charge is 0.436 e. The summed E-state index contributed by atoms with van der Waals surface area (Å²) in [4.78, 5) is 4.00. The molecule has 3 rings (SSSR count). The zero-order valence-corrected chi connectivity index (χ0v) is 9.45. The highest BCUT2D eigenvalue weighted by atomic mass is 19.2. The Morgan fingerprint density at radius 3 is 2.58 bits per heavy atom. The Morgan fingerprint density at radius 1 is 1.00 bits per heavy atom. The molecule has 96 valence electrons. The van der Waals surface area contributed by atoms with Crippen molar-refractivity contribution in [3.63, 3.8) is 0 Å². The minimum Gasteiger partial charge on any atom is -0.436 e. The van der Waals surface area contributed by atoms with Gasteiger partial charge in [0.05, 0.1) is 5.56 Å². The van der Waals surface area contributed by atoms with E-state index >= 15 is 0 Å². The van der Waals surface area contributed by atoms with E-state index in [9.17, 15) is 13.2 Å². The van der Waals surface area contributed by atoms with Crippen LogP contribution in [0.3, 0.4) is 0 Å². The summed E-state index contributed by atoms with van der Waals surface area (Å²) in [5.74, 6) is -4.28. The molecule has 2 aromatic carbocycles. The van der Waals surface area contributed by atoms with Crippen molar-refractivity contribution in [1.29, 1.82) is 0 Å². The molecule has 3 nitrogen and oxygen atoms in total. The third kappa shape index (κ3) is 1.81. The van der Waals surface area contributed by atoms with E-state index in [0.717, 1.165) is 12.1 Å². The zero-order chi connectivity index (χ0) is 13.6. The first-order valence-electron chi connectivity index (χ1n) is 5.36. The van der Waals surface area contributed by atoms with Gasteiger partial charge in [-0.25, -0.2) is 18.2 Å². The Bertz CT molecular complexity index is 783. The van der Waals surface area contributed by atoms with E-state index in [1.807, 2.05) is 0 Å². The molecule has 1 heterocycles. The first-order valence-corrected chi connectivity index (χ1v) is 5.36. The van der Waals surface area contributed by atoms with Crippen LogP contribution >= 0.6 is 0 Å². The standard InChI is InChI=1S/C13H7F3N2O/c14-8-3-2-7(11(15)12(8)16)13-18-9-4-1-6(17)5-10(9)19-13/h1-5H,17H2. The summed E-state index contributed by atoms with van der Waals surface area (Å²) in [6, 6.07) is 6.61. The van der Waals surface area contributed by atoms with Crippen LogP contribution in [-0.4, -0.2) is 4.98 Å². The second-order valence-electron chi connectivity index (χ2n) is 3.97. The summed E-state index contributed by atoms with van der Waals surface area (Å²) in [6.45, 7) is 0. The molecule has 0 aliphatic heterocycles. The summed E-state index contributed by atoms with van der Waals surface area (Å²) in [6.07, 6.45) is 0. The summed E-state index contributed by atoms with van der Waals surface area (Å²) in [7, 11) is 0. The van der Waals surface area contributed by atoms with Crippen molar-refractivity contribution in [1.82, 2.24) is 4.98 Å². The normalized spacial score (nSPS) is 11.1. The Hall–Kier alpha value is -2.50. The van der Waals surface area contributed by atoms with Crippen LogP contribution in [0.1, 0.15) is 0 Å². The molecule has 19 heavy (non-hydrogen) atoms. The van der Waals surface area contributed by atoms with E-state index < -0.39 is 17.5 Å². The van der Waals surface area contributed by atoms with Crippen LogP contribution in [0, 0.1) is 17.5 Å². The van der Waals surface area contributed by atoms with Crippen molar-refractivity contribution < 1.29 is 17.6 Å². The average molecular weight is 264 g/mol. The lowest BCUT2D eigenvalue weighted by molar-refractivity contribution is 0.446. The third-order valence-electron chi connectivity index (χ3n) is 2.68. The van der Waals surface area contributed by atoms with Gasteiger partial charge in [0.25, 0.3) is 0 Å². The summed E-state index contributed by atoms with van der Waals surface area (Å²) in [5, 5.41) is 0. The molecule has 0 saturated heterocycles. The number of rotatable bonds is 1. The number of hydrogen-bond donors (Lipinski definition) is 1. The van der Waals surface area contributed by atoms with E-state index in [1.54, 1.807) is 12.1 Å². The SMILES string of the molecule is Nc1ccc2nc(-c3ccc(F)c(F)c3F)oc2c1.